The van der Waals surface area contributed by atoms with E-state index in [1.54, 1.807) is 0 Å². The Balaban J connectivity index is 2.24. The number of nitrogens with one attached hydrogen (secondary N) is 1. The van der Waals surface area contributed by atoms with Crippen LogP contribution in [0, 0.1) is 18.3 Å². The summed E-state index contributed by atoms with van der Waals surface area (Å²) in [5, 5.41) is 9.34. The molecule has 0 aliphatic rings. The Morgan fingerprint density at radius 1 is 1.04 bits per heavy atom. The quantitative estimate of drug-likeness (QED) is 0.719. The number of aryl methyl sites for hydroxylation is 1. The summed E-state index contributed by atoms with van der Waals surface area (Å²) in [7, 11) is 0. The van der Waals surface area contributed by atoms with Gasteiger partial charge in [-0.15, -0.1) is 0 Å². The first-order valence-electron chi connectivity index (χ1n) is 7.09. The molecule has 0 saturated heterocycles. The Kier molecular flexibility index (Phi) is 4.14. The van der Waals surface area contributed by atoms with Gasteiger partial charge in [-0.25, -0.2) is 0 Å². The standard InChI is InChI=1S/C19H13BrN2O/c1-12-3-2-4-14(9-12)18-10-16(17(11-21)19(23)22-18)13-5-7-15(20)8-6-13/h2-10H,1H3,(H,22,23). The lowest BCUT2D eigenvalue weighted by atomic mass is 9.99. The van der Waals surface area contributed by atoms with Crippen LogP contribution in [0.4, 0.5) is 0 Å². The third-order valence-corrected chi connectivity index (χ3v) is 4.16. The maximum atomic E-state index is 12.3. The molecule has 0 radical (unpaired) electrons. The number of hydrogen-bond acceptors (Lipinski definition) is 2. The highest BCUT2D eigenvalue weighted by Crippen LogP contribution is 2.27. The van der Waals surface area contributed by atoms with E-state index in [4.69, 9.17) is 0 Å². The summed E-state index contributed by atoms with van der Waals surface area (Å²) >= 11 is 3.39. The maximum absolute atomic E-state index is 12.3. The summed E-state index contributed by atoms with van der Waals surface area (Å²) in [6, 6.07) is 19.3. The highest BCUT2D eigenvalue weighted by Gasteiger charge is 2.12. The fourth-order valence-corrected chi connectivity index (χ4v) is 2.76. The summed E-state index contributed by atoms with van der Waals surface area (Å²) in [6.45, 7) is 2.00. The van der Waals surface area contributed by atoms with Crippen LogP contribution in [0.25, 0.3) is 22.4 Å². The van der Waals surface area contributed by atoms with Gasteiger partial charge in [-0.1, -0.05) is 51.8 Å². The Morgan fingerprint density at radius 2 is 1.78 bits per heavy atom. The minimum absolute atomic E-state index is 0.128. The molecule has 0 aliphatic carbocycles. The SMILES string of the molecule is Cc1cccc(-c2cc(-c3ccc(Br)cc3)c(C#N)c(=O)[nH]2)c1. The molecule has 0 atom stereocenters. The van der Waals surface area contributed by atoms with Gasteiger partial charge in [-0.05, 0) is 42.3 Å². The normalized spacial score (nSPS) is 10.3. The molecule has 3 aromatic rings. The van der Waals surface area contributed by atoms with Gasteiger partial charge in [0.15, 0.2) is 0 Å². The lowest BCUT2D eigenvalue weighted by molar-refractivity contribution is 1.22. The number of H-pyrrole nitrogens is 1. The third kappa shape index (κ3) is 3.10. The van der Waals surface area contributed by atoms with Crippen LogP contribution in [0.5, 0.6) is 0 Å². The maximum Gasteiger partial charge on any atom is 0.266 e. The van der Waals surface area contributed by atoms with Gasteiger partial charge in [-0.2, -0.15) is 5.26 Å². The van der Waals surface area contributed by atoms with Gasteiger partial charge in [0.05, 0.1) is 0 Å². The average Bonchev–Trinajstić information content (AvgIpc) is 2.55. The predicted molar refractivity (Wildman–Crippen MR) is 95.1 cm³/mol. The van der Waals surface area contributed by atoms with Crippen molar-refractivity contribution in [3.63, 3.8) is 0 Å². The summed E-state index contributed by atoms with van der Waals surface area (Å²) in [4.78, 5) is 15.1. The largest absolute Gasteiger partial charge is 0.321 e. The molecule has 3 nitrogen and oxygen atoms in total. The Morgan fingerprint density at radius 3 is 2.43 bits per heavy atom. The van der Waals surface area contributed by atoms with Gasteiger partial charge >= 0.3 is 0 Å². The van der Waals surface area contributed by atoms with E-state index in [1.165, 1.54) is 0 Å². The molecular weight excluding hydrogens is 352 g/mol. The van der Waals surface area contributed by atoms with Crippen molar-refractivity contribution >= 4 is 15.9 Å². The molecule has 1 N–H and O–H groups in total. The summed E-state index contributed by atoms with van der Waals surface area (Å²) in [5.41, 5.74) is 3.97. The number of rotatable bonds is 2. The van der Waals surface area contributed by atoms with Gasteiger partial charge in [0.25, 0.3) is 5.56 Å². The van der Waals surface area contributed by atoms with Crippen molar-refractivity contribution in [2.24, 2.45) is 0 Å². The van der Waals surface area contributed by atoms with E-state index in [-0.39, 0.29) is 11.1 Å². The van der Waals surface area contributed by atoms with Gasteiger partial charge in [0.1, 0.15) is 11.6 Å². The molecule has 1 heterocycles. The molecule has 4 heteroatoms. The molecule has 0 amide bonds. The average molecular weight is 365 g/mol. The molecule has 0 saturated carbocycles. The molecule has 1 aromatic heterocycles. The highest BCUT2D eigenvalue weighted by molar-refractivity contribution is 9.10. The molecule has 3 rings (SSSR count). The van der Waals surface area contributed by atoms with E-state index in [1.807, 2.05) is 67.6 Å². The zero-order chi connectivity index (χ0) is 16.4. The lowest BCUT2D eigenvalue weighted by Gasteiger charge is -2.09. The molecule has 0 unspecified atom stereocenters. The number of benzene rings is 2. The smallest absolute Gasteiger partial charge is 0.266 e. The number of hydrogen-bond donors (Lipinski definition) is 1. The number of nitrogens with zero attached hydrogens (tertiary/aromatic N) is 1. The van der Waals surface area contributed by atoms with Crippen LogP contribution in [-0.2, 0) is 0 Å². The van der Waals surface area contributed by atoms with Gasteiger partial charge < -0.3 is 4.98 Å². The second-order valence-electron chi connectivity index (χ2n) is 5.29. The molecule has 0 spiro atoms. The molecule has 0 bridgehead atoms. The van der Waals surface area contributed by atoms with Gasteiger partial charge in [0.2, 0.25) is 0 Å². The minimum atomic E-state index is -0.371. The summed E-state index contributed by atoms with van der Waals surface area (Å²) in [6.07, 6.45) is 0. The zero-order valence-corrected chi connectivity index (χ0v) is 14.0. The van der Waals surface area contributed by atoms with Crippen molar-refractivity contribution in [1.29, 1.82) is 5.26 Å². The minimum Gasteiger partial charge on any atom is -0.321 e. The van der Waals surface area contributed by atoms with Crippen LogP contribution in [0.2, 0.25) is 0 Å². The van der Waals surface area contributed by atoms with Crippen LogP contribution in [0.1, 0.15) is 11.1 Å². The fraction of sp³-hybridized carbons (Fsp3) is 0.0526. The second-order valence-corrected chi connectivity index (χ2v) is 6.20. The van der Waals surface area contributed by atoms with Crippen LogP contribution in [0.15, 0.2) is 63.9 Å². The molecule has 2 aromatic carbocycles. The van der Waals surface area contributed by atoms with Gasteiger partial charge in [-0.3, -0.25) is 4.79 Å². The summed E-state index contributed by atoms with van der Waals surface area (Å²) in [5.74, 6) is 0. The zero-order valence-electron chi connectivity index (χ0n) is 12.4. The summed E-state index contributed by atoms with van der Waals surface area (Å²) < 4.78 is 0.948. The second kappa shape index (κ2) is 6.23. The van der Waals surface area contributed by atoms with E-state index >= 15 is 0 Å². The van der Waals surface area contributed by atoms with Crippen molar-refractivity contribution < 1.29 is 0 Å². The first-order chi connectivity index (χ1) is 11.1. The number of aromatic nitrogens is 1. The van der Waals surface area contributed by atoms with E-state index in [0.29, 0.717) is 11.3 Å². The van der Waals surface area contributed by atoms with Crippen molar-refractivity contribution in [2.75, 3.05) is 0 Å². The number of nitriles is 1. The van der Waals surface area contributed by atoms with Crippen LogP contribution in [0.3, 0.4) is 0 Å². The van der Waals surface area contributed by atoms with Gasteiger partial charge in [0, 0.05) is 15.7 Å². The monoisotopic (exact) mass is 364 g/mol. The van der Waals surface area contributed by atoms with Crippen molar-refractivity contribution in [1.82, 2.24) is 4.98 Å². The number of aromatic amines is 1. The molecule has 23 heavy (non-hydrogen) atoms. The Bertz CT molecular complexity index is 966. The molecular formula is C19H13BrN2O. The van der Waals surface area contributed by atoms with E-state index < -0.39 is 0 Å². The van der Waals surface area contributed by atoms with Crippen molar-refractivity contribution in [3.8, 4) is 28.5 Å². The van der Waals surface area contributed by atoms with Crippen molar-refractivity contribution in [3.05, 3.63) is 80.6 Å². The van der Waals surface area contributed by atoms with Crippen molar-refractivity contribution in [2.45, 2.75) is 6.92 Å². The Labute approximate surface area is 142 Å². The first-order valence-corrected chi connectivity index (χ1v) is 7.88. The number of pyridine rings is 1. The van der Waals surface area contributed by atoms with Crippen LogP contribution in [-0.4, -0.2) is 4.98 Å². The molecule has 0 fully saturated rings. The third-order valence-electron chi connectivity index (χ3n) is 3.63. The topological polar surface area (TPSA) is 56.6 Å². The number of halogens is 1. The van der Waals surface area contributed by atoms with E-state index in [0.717, 1.165) is 21.2 Å². The van der Waals surface area contributed by atoms with Crippen LogP contribution >= 0.6 is 15.9 Å². The fourth-order valence-electron chi connectivity index (χ4n) is 2.50. The van der Waals surface area contributed by atoms with Crippen LogP contribution < -0.4 is 5.56 Å². The molecule has 0 aliphatic heterocycles. The predicted octanol–water partition coefficient (Wildman–Crippen LogP) is 4.65. The Hall–Kier alpha value is -2.64. The van der Waals surface area contributed by atoms with E-state index in [2.05, 4.69) is 20.9 Å². The lowest BCUT2D eigenvalue weighted by Crippen LogP contribution is -2.12. The highest BCUT2D eigenvalue weighted by atomic mass is 79.9. The first kappa shape index (κ1) is 15.3. The van der Waals surface area contributed by atoms with E-state index in [9.17, 15) is 10.1 Å². The molecule has 112 valence electrons.